The van der Waals surface area contributed by atoms with E-state index in [0.29, 0.717) is 48.7 Å². The van der Waals surface area contributed by atoms with Crippen molar-refractivity contribution in [2.45, 2.75) is 51.2 Å². The van der Waals surface area contributed by atoms with Gasteiger partial charge in [0.25, 0.3) is 5.91 Å². The van der Waals surface area contributed by atoms with Crippen LogP contribution < -0.4 is 19.5 Å². The molecule has 0 spiro atoms. The first kappa shape index (κ1) is 22.9. The van der Waals surface area contributed by atoms with Crippen LogP contribution >= 0.6 is 0 Å². The summed E-state index contributed by atoms with van der Waals surface area (Å²) < 4.78 is 22.8. The average Bonchev–Trinajstić information content (AvgIpc) is 2.83. The number of carbonyl (C=O) groups is 1. The SMILES string of the molecule is COc1cc(C(=O)NCCCOC2CCCCC2)cc(OC)c1OCc1ccccc1. The Bertz CT molecular complexity index is 793. The Labute approximate surface area is 184 Å². The van der Waals surface area contributed by atoms with E-state index >= 15 is 0 Å². The molecule has 3 rings (SSSR count). The Morgan fingerprint density at radius 1 is 1.00 bits per heavy atom. The van der Waals surface area contributed by atoms with Crippen molar-refractivity contribution in [3.63, 3.8) is 0 Å². The van der Waals surface area contributed by atoms with Crippen molar-refractivity contribution in [1.82, 2.24) is 5.32 Å². The number of hydrogen-bond donors (Lipinski definition) is 1. The normalized spacial score (nSPS) is 14.1. The van der Waals surface area contributed by atoms with Crippen LogP contribution in [0.5, 0.6) is 17.2 Å². The summed E-state index contributed by atoms with van der Waals surface area (Å²) in [6.45, 7) is 1.60. The molecular weight excluding hydrogens is 394 g/mol. The van der Waals surface area contributed by atoms with Gasteiger partial charge in [-0.15, -0.1) is 0 Å². The van der Waals surface area contributed by atoms with Crippen LogP contribution in [0.4, 0.5) is 0 Å². The van der Waals surface area contributed by atoms with E-state index in [0.717, 1.165) is 24.8 Å². The highest BCUT2D eigenvalue weighted by Crippen LogP contribution is 2.39. The Morgan fingerprint density at radius 2 is 1.68 bits per heavy atom. The molecule has 2 aromatic rings. The number of carbonyl (C=O) groups excluding carboxylic acids is 1. The summed E-state index contributed by atoms with van der Waals surface area (Å²) in [6, 6.07) is 13.2. The monoisotopic (exact) mass is 427 g/mol. The summed E-state index contributed by atoms with van der Waals surface area (Å²) >= 11 is 0. The molecule has 0 aliphatic heterocycles. The van der Waals surface area contributed by atoms with Gasteiger partial charge in [0.2, 0.25) is 5.75 Å². The number of methoxy groups -OCH3 is 2. The highest BCUT2D eigenvalue weighted by Gasteiger charge is 2.18. The molecule has 0 radical (unpaired) electrons. The number of amides is 1. The molecule has 1 amide bonds. The van der Waals surface area contributed by atoms with Crippen molar-refractivity contribution in [1.29, 1.82) is 0 Å². The molecule has 6 nitrogen and oxygen atoms in total. The van der Waals surface area contributed by atoms with Crippen LogP contribution in [0.1, 0.15) is 54.4 Å². The zero-order chi connectivity index (χ0) is 21.9. The van der Waals surface area contributed by atoms with Gasteiger partial charge in [0.15, 0.2) is 11.5 Å². The molecule has 2 aromatic carbocycles. The van der Waals surface area contributed by atoms with Gasteiger partial charge in [0.05, 0.1) is 20.3 Å². The summed E-state index contributed by atoms with van der Waals surface area (Å²) in [5, 5.41) is 2.95. The van der Waals surface area contributed by atoms with Crippen molar-refractivity contribution >= 4 is 5.91 Å². The molecule has 0 atom stereocenters. The lowest BCUT2D eigenvalue weighted by atomic mass is 9.98. The predicted molar refractivity (Wildman–Crippen MR) is 120 cm³/mol. The van der Waals surface area contributed by atoms with Gasteiger partial charge >= 0.3 is 0 Å². The lowest BCUT2D eigenvalue weighted by Crippen LogP contribution is -2.26. The molecule has 0 unspecified atom stereocenters. The third-order valence-electron chi connectivity index (χ3n) is 5.46. The highest BCUT2D eigenvalue weighted by molar-refractivity contribution is 5.95. The number of nitrogens with one attached hydrogen (secondary N) is 1. The molecule has 0 heterocycles. The van der Waals surface area contributed by atoms with Gasteiger partial charge in [0.1, 0.15) is 6.61 Å². The Morgan fingerprint density at radius 3 is 2.32 bits per heavy atom. The number of ether oxygens (including phenoxy) is 4. The Kier molecular flexibility index (Phi) is 9.03. The van der Waals surface area contributed by atoms with E-state index < -0.39 is 0 Å². The van der Waals surface area contributed by atoms with Crippen LogP contribution in [0.15, 0.2) is 42.5 Å². The quantitative estimate of drug-likeness (QED) is 0.524. The van der Waals surface area contributed by atoms with Gasteiger partial charge < -0.3 is 24.3 Å². The van der Waals surface area contributed by atoms with Gasteiger partial charge in [-0.1, -0.05) is 49.6 Å². The molecule has 1 fully saturated rings. The summed E-state index contributed by atoms with van der Waals surface area (Å²) in [5.74, 6) is 1.22. The minimum absolute atomic E-state index is 0.177. The minimum atomic E-state index is -0.177. The summed E-state index contributed by atoms with van der Waals surface area (Å²) in [7, 11) is 3.10. The van der Waals surface area contributed by atoms with Crippen LogP contribution in [0.25, 0.3) is 0 Å². The van der Waals surface area contributed by atoms with Gasteiger partial charge in [0, 0.05) is 18.7 Å². The van der Waals surface area contributed by atoms with Crippen molar-refractivity contribution < 1.29 is 23.7 Å². The van der Waals surface area contributed by atoms with E-state index in [9.17, 15) is 4.79 Å². The molecule has 1 saturated carbocycles. The van der Waals surface area contributed by atoms with E-state index in [2.05, 4.69) is 5.32 Å². The first-order valence-electron chi connectivity index (χ1n) is 11.0. The molecule has 1 N–H and O–H groups in total. The van der Waals surface area contributed by atoms with E-state index in [1.54, 1.807) is 26.4 Å². The van der Waals surface area contributed by atoms with Crippen molar-refractivity contribution in [3.05, 3.63) is 53.6 Å². The van der Waals surface area contributed by atoms with E-state index in [-0.39, 0.29) is 5.91 Å². The molecule has 31 heavy (non-hydrogen) atoms. The fourth-order valence-electron chi connectivity index (χ4n) is 3.74. The number of hydrogen-bond acceptors (Lipinski definition) is 5. The molecule has 6 heteroatoms. The number of benzene rings is 2. The average molecular weight is 428 g/mol. The van der Waals surface area contributed by atoms with Crippen LogP contribution in [-0.4, -0.2) is 39.4 Å². The van der Waals surface area contributed by atoms with Crippen LogP contribution in [-0.2, 0) is 11.3 Å². The second-order valence-electron chi connectivity index (χ2n) is 7.72. The number of rotatable bonds is 11. The summed E-state index contributed by atoms with van der Waals surface area (Å²) in [5.41, 5.74) is 1.50. The van der Waals surface area contributed by atoms with Gasteiger partial charge in [-0.3, -0.25) is 4.79 Å². The first-order valence-corrected chi connectivity index (χ1v) is 11.0. The van der Waals surface area contributed by atoms with Crippen molar-refractivity contribution in [3.8, 4) is 17.2 Å². The van der Waals surface area contributed by atoms with Crippen LogP contribution in [0.3, 0.4) is 0 Å². The van der Waals surface area contributed by atoms with E-state index in [1.165, 1.54) is 19.3 Å². The maximum Gasteiger partial charge on any atom is 0.251 e. The fourth-order valence-corrected chi connectivity index (χ4v) is 3.74. The first-order chi connectivity index (χ1) is 15.2. The third kappa shape index (κ3) is 6.89. The van der Waals surface area contributed by atoms with E-state index in [1.807, 2.05) is 30.3 Å². The van der Waals surface area contributed by atoms with Crippen LogP contribution in [0.2, 0.25) is 0 Å². The molecular formula is C25H33NO5. The molecule has 168 valence electrons. The van der Waals surface area contributed by atoms with E-state index in [4.69, 9.17) is 18.9 Å². The van der Waals surface area contributed by atoms with Crippen LogP contribution in [0, 0.1) is 0 Å². The van der Waals surface area contributed by atoms with Gasteiger partial charge in [-0.2, -0.15) is 0 Å². The predicted octanol–water partition coefficient (Wildman–Crippen LogP) is 4.75. The Balaban J connectivity index is 1.54. The zero-order valence-corrected chi connectivity index (χ0v) is 18.5. The zero-order valence-electron chi connectivity index (χ0n) is 18.5. The fraction of sp³-hybridized carbons (Fsp3) is 0.480. The third-order valence-corrected chi connectivity index (χ3v) is 5.46. The Hall–Kier alpha value is -2.73. The van der Waals surface area contributed by atoms with Gasteiger partial charge in [-0.05, 0) is 37.0 Å². The molecule has 0 bridgehead atoms. The lowest BCUT2D eigenvalue weighted by molar-refractivity contribution is 0.0273. The molecule has 0 saturated heterocycles. The summed E-state index contributed by atoms with van der Waals surface area (Å²) in [6.07, 6.45) is 7.33. The van der Waals surface area contributed by atoms with Crippen molar-refractivity contribution in [2.75, 3.05) is 27.4 Å². The molecule has 0 aromatic heterocycles. The maximum atomic E-state index is 12.6. The minimum Gasteiger partial charge on any atom is -0.493 e. The maximum absolute atomic E-state index is 12.6. The van der Waals surface area contributed by atoms with Gasteiger partial charge in [-0.25, -0.2) is 0 Å². The second-order valence-corrected chi connectivity index (χ2v) is 7.72. The molecule has 1 aliphatic rings. The largest absolute Gasteiger partial charge is 0.493 e. The second kappa shape index (κ2) is 12.2. The standard InChI is InChI=1S/C25H33NO5/c1-28-22-16-20(25(27)26-14-9-15-30-21-12-7-4-8-13-21)17-23(29-2)24(22)31-18-19-10-5-3-6-11-19/h3,5-6,10-11,16-17,21H,4,7-9,12-15,18H2,1-2H3,(H,26,27). The highest BCUT2D eigenvalue weighted by atomic mass is 16.5. The molecule has 1 aliphatic carbocycles. The summed E-state index contributed by atoms with van der Waals surface area (Å²) in [4.78, 5) is 12.6. The topological polar surface area (TPSA) is 66.0 Å². The lowest BCUT2D eigenvalue weighted by Gasteiger charge is -2.22. The smallest absolute Gasteiger partial charge is 0.251 e. The van der Waals surface area contributed by atoms with Crippen molar-refractivity contribution in [2.24, 2.45) is 0 Å².